The lowest BCUT2D eigenvalue weighted by Gasteiger charge is -2.34. The summed E-state index contributed by atoms with van der Waals surface area (Å²) in [5.74, 6) is 0.784. The van der Waals surface area contributed by atoms with Gasteiger partial charge in [-0.15, -0.1) is 11.3 Å². The van der Waals surface area contributed by atoms with Gasteiger partial charge in [0.15, 0.2) is 12.1 Å². The molecule has 0 bridgehead atoms. The van der Waals surface area contributed by atoms with Gasteiger partial charge in [-0.3, -0.25) is 4.79 Å². The molecule has 0 N–H and O–H groups in total. The zero-order valence-electron chi connectivity index (χ0n) is 13.2. The van der Waals surface area contributed by atoms with Gasteiger partial charge in [0.25, 0.3) is 5.91 Å². The molecule has 1 saturated heterocycles. The highest BCUT2D eigenvalue weighted by Gasteiger charge is 2.33. The van der Waals surface area contributed by atoms with Crippen LogP contribution in [0.3, 0.4) is 0 Å². The first-order valence-electron chi connectivity index (χ1n) is 7.74. The van der Waals surface area contributed by atoms with Crippen molar-refractivity contribution < 1.29 is 9.21 Å². The summed E-state index contributed by atoms with van der Waals surface area (Å²) in [6, 6.07) is 0.0664. The van der Waals surface area contributed by atoms with E-state index in [2.05, 4.69) is 9.97 Å². The summed E-state index contributed by atoms with van der Waals surface area (Å²) < 4.78 is 5.41. The standard InChI is InChI=1S/C16H21N3O2S/c1-10(2)14-13(17-9-21-14)16(20)19-7-5-4-6-12(19)15-18-11(3)8-22-15/h8-10,12H,4-7H2,1-3H3/t12-/m0/s1. The number of oxazole rings is 1. The Hall–Kier alpha value is -1.69. The molecule has 2 aromatic heterocycles. The maximum Gasteiger partial charge on any atom is 0.276 e. The normalized spacial score (nSPS) is 18.9. The number of thiazole rings is 1. The lowest BCUT2D eigenvalue weighted by Crippen LogP contribution is -2.39. The zero-order valence-corrected chi connectivity index (χ0v) is 14.0. The number of hydrogen-bond donors (Lipinski definition) is 0. The Balaban J connectivity index is 1.90. The predicted molar refractivity (Wildman–Crippen MR) is 85.1 cm³/mol. The predicted octanol–water partition coefficient (Wildman–Crippen LogP) is 3.93. The summed E-state index contributed by atoms with van der Waals surface area (Å²) in [7, 11) is 0. The van der Waals surface area contributed by atoms with Crippen LogP contribution in [0.5, 0.6) is 0 Å². The minimum atomic E-state index is -0.0324. The van der Waals surface area contributed by atoms with E-state index in [1.54, 1.807) is 11.3 Å². The third kappa shape index (κ3) is 2.79. The van der Waals surface area contributed by atoms with Crippen molar-refractivity contribution in [3.63, 3.8) is 0 Å². The zero-order chi connectivity index (χ0) is 15.7. The fraction of sp³-hybridized carbons (Fsp3) is 0.562. The summed E-state index contributed by atoms with van der Waals surface area (Å²) in [6.45, 7) is 6.76. The van der Waals surface area contributed by atoms with E-state index >= 15 is 0 Å². The van der Waals surface area contributed by atoms with Crippen LogP contribution in [-0.2, 0) is 0 Å². The molecular weight excluding hydrogens is 298 g/mol. The Morgan fingerprint density at radius 1 is 1.45 bits per heavy atom. The van der Waals surface area contributed by atoms with Gasteiger partial charge in [0, 0.05) is 23.5 Å². The molecule has 3 heterocycles. The smallest absolute Gasteiger partial charge is 0.276 e. The highest BCUT2D eigenvalue weighted by Crippen LogP contribution is 2.34. The topological polar surface area (TPSA) is 59.2 Å². The largest absolute Gasteiger partial charge is 0.447 e. The molecule has 0 aromatic carbocycles. The SMILES string of the molecule is Cc1csc([C@@H]2CCCCN2C(=O)c2ncoc2C(C)C)n1. The molecule has 118 valence electrons. The summed E-state index contributed by atoms with van der Waals surface area (Å²) in [4.78, 5) is 23.6. The van der Waals surface area contributed by atoms with E-state index in [0.717, 1.165) is 36.5 Å². The van der Waals surface area contributed by atoms with Gasteiger partial charge in [0.05, 0.1) is 6.04 Å². The summed E-state index contributed by atoms with van der Waals surface area (Å²) >= 11 is 1.64. The molecule has 1 aliphatic heterocycles. The first kappa shape index (κ1) is 15.2. The third-order valence-corrected chi connectivity index (χ3v) is 5.07. The fourth-order valence-electron chi connectivity index (χ4n) is 2.92. The molecule has 1 amide bonds. The highest BCUT2D eigenvalue weighted by atomic mass is 32.1. The van der Waals surface area contributed by atoms with Crippen LogP contribution in [0.15, 0.2) is 16.2 Å². The van der Waals surface area contributed by atoms with Crippen molar-refractivity contribution in [2.24, 2.45) is 0 Å². The Labute approximate surface area is 134 Å². The number of carbonyl (C=O) groups is 1. The number of piperidine rings is 1. The van der Waals surface area contributed by atoms with Crippen LogP contribution in [-0.4, -0.2) is 27.3 Å². The maximum atomic E-state index is 13.0. The van der Waals surface area contributed by atoms with Crippen molar-refractivity contribution in [3.05, 3.63) is 33.9 Å². The molecule has 0 aliphatic carbocycles. The molecule has 3 rings (SSSR count). The molecule has 1 fully saturated rings. The first-order chi connectivity index (χ1) is 10.6. The number of aromatic nitrogens is 2. The third-order valence-electron chi connectivity index (χ3n) is 4.01. The van der Waals surface area contributed by atoms with Crippen molar-refractivity contribution in [3.8, 4) is 0 Å². The van der Waals surface area contributed by atoms with Crippen LogP contribution >= 0.6 is 11.3 Å². The monoisotopic (exact) mass is 319 g/mol. The van der Waals surface area contributed by atoms with Gasteiger partial charge in [-0.25, -0.2) is 9.97 Å². The van der Waals surface area contributed by atoms with Crippen LogP contribution in [0.1, 0.15) is 72.0 Å². The molecule has 22 heavy (non-hydrogen) atoms. The number of aryl methyl sites for hydroxylation is 1. The van der Waals surface area contributed by atoms with Gasteiger partial charge in [-0.05, 0) is 26.2 Å². The fourth-order valence-corrected chi connectivity index (χ4v) is 3.86. The van der Waals surface area contributed by atoms with Gasteiger partial charge in [0.2, 0.25) is 0 Å². The van der Waals surface area contributed by atoms with E-state index < -0.39 is 0 Å². The van der Waals surface area contributed by atoms with Crippen molar-refractivity contribution in [1.82, 2.24) is 14.9 Å². The van der Waals surface area contributed by atoms with Crippen molar-refractivity contribution in [2.45, 2.75) is 52.0 Å². The summed E-state index contributed by atoms with van der Waals surface area (Å²) in [6.07, 6.45) is 4.49. The molecule has 0 unspecified atom stereocenters. The first-order valence-corrected chi connectivity index (χ1v) is 8.62. The van der Waals surface area contributed by atoms with Gasteiger partial charge in [0.1, 0.15) is 10.8 Å². The molecule has 1 aliphatic rings. The second-order valence-electron chi connectivity index (χ2n) is 6.06. The van der Waals surface area contributed by atoms with E-state index in [1.165, 1.54) is 6.39 Å². The van der Waals surface area contributed by atoms with Crippen LogP contribution in [0, 0.1) is 6.92 Å². The van der Waals surface area contributed by atoms with E-state index in [-0.39, 0.29) is 17.9 Å². The van der Waals surface area contributed by atoms with Gasteiger partial charge >= 0.3 is 0 Å². The Kier molecular flexibility index (Phi) is 4.29. The minimum Gasteiger partial charge on any atom is -0.447 e. The lowest BCUT2D eigenvalue weighted by atomic mass is 10.0. The molecule has 5 nitrogen and oxygen atoms in total. The molecule has 0 spiro atoms. The molecule has 1 atom stereocenters. The van der Waals surface area contributed by atoms with Crippen molar-refractivity contribution in [2.75, 3.05) is 6.54 Å². The Morgan fingerprint density at radius 3 is 2.95 bits per heavy atom. The van der Waals surface area contributed by atoms with Crippen LogP contribution in [0.2, 0.25) is 0 Å². The highest BCUT2D eigenvalue weighted by molar-refractivity contribution is 7.09. The number of rotatable bonds is 3. The number of amides is 1. The second-order valence-corrected chi connectivity index (χ2v) is 6.95. The summed E-state index contributed by atoms with van der Waals surface area (Å²) in [5, 5.41) is 3.07. The molecule has 0 saturated carbocycles. The van der Waals surface area contributed by atoms with E-state index in [1.807, 2.05) is 31.1 Å². The average Bonchev–Trinajstić information content (AvgIpc) is 3.15. The van der Waals surface area contributed by atoms with E-state index in [9.17, 15) is 4.79 Å². The van der Waals surface area contributed by atoms with Gasteiger partial charge < -0.3 is 9.32 Å². The van der Waals surface area contributed by atoms with E-state index in [0.29, 0.717) is 11.5 Å². The van der Waals surface area contributed by atoms with Crippen LogP contribution in [0.4, 0.5) is 0 Å². The van der Waals surface area contributed by atoms with Gasteiger partial charge in [-0.1, -0.05) is 13.8 Å². The van der Waals surface area contributed by atoms with Gasteiger partial charge in [-0.2, -0.15) is 0 Å². The lowest BCUT2D eigenvalue weighted by molar-refractivity contribution is 0.0602. The van der Waals surface area contributed by atoms with Crippen LogP contribution in [0.25, 0.3) is 0 Å². The van der Waals surface area contributed by atoms with Crippen molar-refractivity contribution >= 4 is 17.2 Å². The summed E-state index contributed by atoms with van der Waals surface area (Å²) in [5.41, 5.74) is 1.47. The molecular formula is C16H21N3O2S. The number of carbonyl (C=O) groups excluding carboxylic acids is 1. The number of likely N-dealkylation sites (tertiary alicyclic amines) is 1. The molecule has 0 radical (unpaired) electrons. The Bertz CT molecular complexity index is 662. The van der Waals surface area contributed by atoms with Crippen molar-refractivity contribution in [1.29, 1.82) is 0 Å². The number of nitrogens with zero attached hydrogens (tertiary/aromatic N) is 3. The Morgan fingerprint density at radius 2 is 2.27 bits per heavy atom. The maximum absolute atomic E-state index is 13.0. The van der Waals surface area contributed by atoms with Crippen LogP contribution < -0.4 is 0 Å². The molecule has 2 aromatic rings. The minimum absolute atomic E-state index is 0.0324. The average molecular weight is 319 g/mol. The van der Waals surface area contributed by atoms with E-state index in [4.69, 9.17) is 4.42 Å². The number of hydrogen-bond acceptors (Lipinski definition) is 5. The second kappa shape index (κ2) is 6.20. The molecule has 6 heteroatoms. The quantitative estimate of drug-likeness (QED) is 0.860.